The summed E-state index contributed by atoms with van der Waals surface area (Å²) in [7, 11) is 0. The lowest BCUT2D eigenvalue weighted by Crippen LogP contribution is -2.33. The number of aryl methyl sites for hydroxylation is 2. The first-order chi connectivity index (χ1) is 8.56. The molecule has 1 aliphatic heterocycles. The first kappa shape index (κ1) is 12.9. The summed E-state index contributed by atoms with van der Waals surface area (Å²) in [6.45, 7) is 5.14. The van der Waals surface area contributed by atoms with Crippen LogP contribution in [0, 0.1) is 13.8 Å². The van der Waals surface area contributed by atoms with E-state index in [0.29, 0.717) is 25.3 Å². The zero-order chi connectivity index (χ0) is 13.1. The number of benzene rings is 1. The third-order valence-electron chi connectivity index (χ3n) is 3.36. The first-order valence-electron chi connectivity index (χ1n) is 6.22. The molecule has 4 nitrogen and oxygen atoms in total. The molecule has 1 heterocycles. The van der Waals surface area contributed by atoms with E-state index in [1.165, 1.54) is 5.56 Å². The van der Waals surface area contributed by atoms with Gasteiger partial charge in [-0.25, -0.2) is 0 Å². The monoisotopic (exact) mass is 249 g/mol. The van der Waals surface area contributed by atoms with Gasteiger partial charge in [-0.1, -0.05) is 6.07 Å². The van der Waals surface area contributed by atoms with Crippen LogP contribution in [-0.2, 0) is 4.79 Å². The summed E-state index contributed by atoms with van der Waals surface area (Å²) >= 11 is 0. The fourth-order valence-electron chi connectivity index (χ4n) is 2.01. The molecule has 1 fully saturated rings. The maximum Gasteiger partial charge on any atom is 0.260 e. The van der Waals surface area contributed by atoms with Crippen LogP contribution in [-0.4, -0.2) is 41.7 Å². The number of hydrogen-bond acceptors (Lipinski definition) is 3. The number of likely N-dealkylation sites (tertiary alicyclic amines) is 1. The van der Waals surface area contributed by atoms with E-state index >= 15 is 0 Å². The number of rotatable bonds is 3. The summed E-state index contributed by atoms with van der Waals surface area (Å²) in [5, 5.41) is 9.37. The minimum Gasteiger partial charge on any atom is -0.484 e. The molecule has 0 unspecified atom stereocenters. The molecule has 2 rings (SSSR count). The molecule has 0 spiro atoms. The van der Waals surface area contributed by atoms with Crippen LogP contribution in [0.15, 0.2) is 18.2 Å². The number of hydrogen-bond donors (Lipinski definition) is 1. The van der Waals surface area contributed by atoms with Crippen molar-refractivity contribution in [2.24, 2.45) is 0 Å². The number of ether oxygens (including phenoxy) is 1. The summed E-state index contributed by atoms with van der Waals surface area (Å²) < 4.78 is 5.48. The summed E-state index contributed by atoms with van der Waals surface area (Å²) in [6.07, 6.45) is 0.283. The predicted octanol–water partition coefficient (Wildman–Crippen LogP) is 1.28. The maximum absolute atomic E-state index is 11.8. The number of carbonyl (C=O) groups is 1. The minimum absolute atomic E-state index is 0.0369. The molecule has 1 aliphatic rings. The van der Waals surface area contributed by atoms with Crippen LogP contribution in [0.5, 0.6) is 5.75 Å². The second-order valence-corrected chi connectivity index (χ2v) is 4.82. The molecule has 98 valence electrons. The number of nitrogens with zero attached hydrogens (tertiary/aromatic N) is 1. The number of amides is 1. The van der Waals surface area contributed by atoms with Gasteiger partial charge >= 0.3 is 0 Å². The molecular weight excluding hydrogens is 230 g/mol. The molecule has 0 saturated carbocycles. The van der Waals surface area contributed by atoms with Gasteiger partial charge < -0.3 is 14.7 Å². The molecule has 0 aromatic heterocycles. The number of aliphatic hydroxyl groups excluding tert-OH is 1. The number of carbonyl (C=O) groups excluding carboxylic acids is 1. The van der Waals surface area contributed by atoms with Crippen LogP contribution in [0.2, 0.25) is 0 Å². The fraction of sp³-hybridized carbons (Fsp3) is 0.500. The Balaban J connectivity index is 1.87. The zero-order valence-electron chi connectivity index (χ0n) is 10.8. The van der Waals surface area contributed by atoms with Crippen LogP contribution in [0.3, 0.4) is 0 Å². The SMILES string of the molecule is Cc1ccc(OCC(=O)N2CC[C@H](O)C2)cc1C. The van der Waals surface area contributed by atoms with Crippen molar-refractivity contribution in [3.05, 3.63) is 29.3 Å². The van der Waals surface area contributed by atoms with E-state index in [0.717, 1.165) is 5.56 Å². The van der Waals surface area contributed by atoms with E-state index in [1.807, 2.05) is 32.0 Å². The average Bonchev–Trinajstić information content (AvgIpc) is 2.77. The molecule has 1 saturated heterocycles. The van der Waals surface area contributed by atoms with E-state index in [1.54, 1.807) is 4.90 Å². The Morgan fingerprint density at radius 2 is 2.22 bits per heavy atom. The van der Waals surface area contributed by atoms with Gasteiger partial charge in [0.2, 0.25) is 0 Å². The van der Waals surface area contributed by atoms with E-state index < -0.39 is 0 Å². The topological polar surface area (TPSA) is 49.8 Å². The molecule has 1 amide bonds. The van der Waals surface area contributed by atoms with Crippen LogP contribution in [0.25, 0.3) is 0 Å². The first-order valence-corrected chi connectivity index (χ1v) is 6.22. The van der Waals surface area contributed by atoms with Crippen molar-refractivity contribution in [3.8, 4) is 5.75 Å². The van der Waals surface area contributed by atoms with Gasteiger partial charge in [0, 0.05) is 13.1 Å². The van der Waals surface area contributed by atoms with Gasteiger partial charge in [0.25, 0.3) is 5.91 Å². The van der Waals surface area contributed by atoms with E-state index in [9.17, 15) is 9.90 Å². The van der Waals surface area contributed by atoms with Gasteiger partial charge in [-0.15, -0.1) is 0 Å². The van der Waals surface area contributed by atoms with Crippen LogP contribution in [0.1, 0.15) is 17.5 Å². The summed E-state index contributed by atoms with van der Waals surface area (Å²) in [5.74, 6) is 0.649. The quantitative estimate of drug-likeness (QED) is 0.877. The summed E-state index contributed by atoms with van der Waals surface area (Å²) in [4.78, 5) is 13.5. The van der Waals surface area contributed by atoms with Crippen molar-refractivity contribution in [1.29, 1.82) is 0 Å². The molecule has 0 radical (unpaired) electrons. The van der Waals surface area contributed by atoms with Gasteiger partial charge in [0.1, 0.15) is 5.75 Å². The summed E-state index contributed by atoms with van der Waals surface area (Å²) in [5.41, 5.74) is 2.35. The Bertz CT molecular complexity index is 445. The lowest BCUT2D eigenvalue weighted by molar-refractivity contribution is -0.132. The fourth-order valence-corrected chi connectivity index (χ4v) is 2.01. The van der Waals surface area contributed by atoms with Crippen molar-refractivity contribution in [2.75, 3.05) is 19.7 Å². The third-order valence-corrected chi connectivity index (χ3v) is 3.36. The standard InChI is InChI=1S/C14H19NO3/c1-10-3-4-13(7-11(10)2)18-9-14(17)15-6-5-12(16)8-15/h3-4,7,12,16H,5-6,8-9H2,1-2H3/t12-/m0/s1. The van der Waals surface area contributed by atoms with Crippen LogP contribution in [0.4, 0.5) is 0 Å². The minimum atomic E-state index is -0.379. The average molecular weight is 249 g/mol. The molecule has 0 bridgehead atoms. The molecule has 1 aromatic carbocycles. The molecule has 1 aromatic rings. The van der Waals surface area contributed by atoms with Crippen molar-refractivity contribution in [1.82, 2.24) is 4.90 Å². The molecule has 18 heavy (non-hydrogen) atoms. The smallest absolute Gasteiger partial charge is 0.260 e. The predicted molar refractivity (Wildman–Crippen MR) is 68.6 cm³/mol. The third kappa shape index (κ3) is 3.01. The van der Waals surface area contributed by atoms with Gasteiger partial charge in [-0.2, -0.15) is 0 Å². The van der Waals surface area contributed by atoms with Crippen LogP contribution < -0.4 is 4.74 Å². The lowest BCUT2D eigenvalue weighted by Gasteiger charge is -2.16. The van der Waals surface area contributed by atoms with Gasteiger partial charge in [0.05, 0.1) is 6.10 Å². The second kappa shape index (κ2) is 5.40. The van der Waals surface area contributed by atoms with E-state index in [4.69, 9.17) is 4.74 Å². The lowest BCUT2D eigenvalue weighted by atomic mass is 10.1. The van der Waals surface area contributed by atoms with E-state index in [2.05, 4.69) is 0 Å². The normalized spacial score (nSPS) is 19.1. The Morgan fingerprint density at radius 1 is 1.44 bits per heavy atom. The van der Waals surface area contributed by atoms with Crippen LogP contribution >= 0.6 is 0 Å². The molecule has 1 atom stereocenters. The van der Waals surface area contributed by atoms with Crippen molar-refractivity contribution >= 4 is 5.91 Å². The van der Waals surface area contributed by atoms with Gasteiger partial charge in [-0.05, 0) is 43.5 Å². The molecule has 0 aliphatic carbocycles. The van der Waals surface area contributed by atoms with Crippen molar-refractivity contribution in [3.63, 3.8) is 0 Å². The number of β-amino-alcohol motifs (C(OH)–C–C–N with tert-alkyl or cyclic N) is 1. The van der Waals surface area contributed by atoms with Crippen molar-refractivity contribution < 1.29 is 14.6 Å². The van der Waals surface area contributed by atoms with Gasteiger partial charge in [0.15, 0.2) is 6.61 Å². The highest BCUT2D eigenvalue weighted by Crippen LogP contribution is 2.17. The maximum atomic E-state index is 11.8. The Morgan fingerprint density at radius 3 is 2.83 bits per heavy atom. The zero-order valence-corrected chi connectivity index (χ0v) is 10.8. The second-order valence-electron chi connectivity index (χ2n) is 4.82. The highest BCUT2D eigenvalue weighted by atomic mass is 16.5. The Kier molecular flexibility index (Phi) is 3.87. The Labute approximate surface area is 107 Å². The highest BCUT2D eigenvalue weighted by molar-refractivity contribution is 5.78. The largest absolute Gasteiger partial charge is 0.484 e. The summed E-state index contributed by atoms with van der Waals surface area (Å²) in [6, 6.07) is 5.78. The Hall–Kier alpha value is -1.55. The highest BCUT2D eigenvalue weighted by Gasteiger charge is 2.24. The number of aliphatic hydroxyl groups is 1. The molecule has 4 heteroatoms. The molecular formula is C14H19NO3. The van der Waals surface area contributed by atoms with E-state index in [-0.39, 0.29) is 18.6 Å². The van der Waals surface area contributed by atoms with Gasteiger partial charge in [-0.3, -0.25) is 4.79 Å². The molecule has 1 N–H and O–H groups in total. The van der Waals surface area contributed by atoms with Crippen molar-refractivity contribution in [2.45, 2.75) is 26.4 Å².